The zero-order chi connectivity index (χ0) is 15.6. The molecule has 0 heterocycles. The maximum Gasteiger partial charge on any atom is 0.0593 e. The van der Waals surface area contributed by atoms with Gasteiger partial charge in [-0.2, -0.15) is 0 Å². The number of nitrogens with zero attached hydrogens (tertiary/aromatic N) is 1. The smallest absolute Gasteiger partial charge is 0.0593 e. The quantitative estimate of drug-likeness (QED) is 0.409. The number of rotatable bonds is 17. The van der Waals surface area contributed by atoms with Crippen LogP contribution in [-0.2, 0) is 4.74 Å². The van der Waals surface area contributed by atoms with Crippen LogP contribution in [0.4, 0.5) is 0 Å². The zero-order valence-electron chi connectivity index (χ0n) is 14.7. The summed E-state index contributed by atoms with van der Waals surface area (Å²) in [5, 5.41) is 0. The predicted molar refractivity (Wildman–Crippen MR) is 93.8 cm³/mol. The summed E-state index contributed by atoms with van der Waals surface area (Å²) in [4.78, 5) is 2.30. The summed E-state index contributed by atoms with van der Waals surface area (Å²) in [5.41, 5.74) is 5.49. The third-order valence-corrected chi connectivity index (χ3v) is 4.00. The minimum atomic E-state index is 0.782. The number of likely N-dealkylation sites (N-methyl/N-ethyl adjacent to an activating group) is 1. The fraction of sp³-hybridized carbons (Fsp3) is 1.00. The fourth-order valence-electron chi connectivity index (χ4n) is 2.49. The van der Waals surface area contributed by atoms with E-state index in [2.05, 4.69) is 18.9 Å². The molecule has 0 rings (SSSR count). The van der Waals surface area contributed by atoms with Gasteiger partial charge in [0.2, 0.25) is 0 Å². The molecular formula is C18H40N2O. The highest BCUT2D eigenvalue weighted by Crippen LogP contribution is 2.10. The number of nitrogens with two attached hydrogens (primary N) is 1. The Morgan fingerprint density at radius 2 is 1.29 bits per heavy atom. The Kier molecular flexibility index (Phi) is 17.8. The van der Waals surface area contributed by atoms with E-state index in [4.69, 9.17) is 10.5 Å². The summed E-state index contributed by atoms with van der Waals surface area (Å²) in [5.74, 6) is 0. The molecule has 0 bridgehead atoms. The lowest BCUT2D eigenvalue weighted by atomic mass is 10.1. The van der Waals surface area contributed by atoms with Crippen molar-refractivity contribution in [3.63, 3.8) is 0 Å². The number of hydrogen-bond donors (Lipinski definition) is 1. The van der Waals surface area contributed by atoms with Crippen LogP contribution < -0.4 is 5.73 Å². The van der Waals surface area contributed by atoms with E-state index >= 15 is 0 Å². The Balaban J connectivity index is 3.02. The molecule has 3 nitrogen and oxygen atoms in total. The third-order valence-electron chi connectivity index (χ3n) is 4.00. The summed E-state index contributed by atoms with van der Waals surface area (Å²) in [6.07, 6.45) is 14.9. The Hall–Kier alpha value is -0.120. The summed E-state index contributed by atoms with van der Waals surface area (Å²) in [6, 6.07) is 0. The highest BCUT2D eigenvalue weighted by atomic mass is 16.5. The monoisotopic (exact) mass is 300 g/mol. The number of hydrogen-bond acceptors (Lipinski definition) is 3. The maximum absolute atomic E-state index is 5.68. The second-order valence-electron chi connectivity index (χ2n) is 6.24. The first-order chi connectivity index (χ1) is 10.3. The highest BCUT2D eigenvalue weighted by molar-refractivity contribution is 4.51. The van der Waals surface area contributed by atoms with Crippen LogP contribution in [0.2, 0.25) is 0 Å². The van der Waals surface area contributed by atoms with Crippen molar-refractivity contribution in [2.45, 2.75) is 77.6 Å². The normalized spacial score (nSPS) is 11.4. The van der Waals surface area contributed by atoms with Gasteiger partial charge < -0.3 is 15.4 Å². The molecule has 0 aliphatic rings. The van der Waals surface area contributed by atoms with Gasteiger partial charge in [-0.3, -0.25) is 0 Å². The first kappa shape index (κ1) is 20.9. The lowest BCUT2D eigenvalue weighted by molar-refractivity contribution is 0.108. The van der Waals surface area contributed by atoms with Crippen molar-refractivity contribution in [1.82, 2.24) is 4.90 Å². The Bertz CT molecular complexity index is 188. The average molecular weight is 301 g/mol. The van der Waals surface area contributed by atoms with Gasteiger partial charge in [0.05, 0.1) is 6.61 Å². The molecule has 0 aromatic rings. The van der Waals surface area contributed by atoms with E-state index in [9.17, 15) is 0 Å². The van der Waals surface area contributed by atoms with Crippen LogP contribution in [0.25, 0.3) is 0 Å². The molecule has 0 fully saturated rings. The van der Waals surface area contributed by atoms with Crippen LogP contribution in [0, 0.1) is 0 Å². The molecule has 0 radical (unpaired) electrons. The summed E-state index contributed by atoms with van der Waals surface area (Å²) < 4.78 is 5.68. The van der Waals surface area contributed by atoms with Gasteiger partial charge in [0.15, 0.2) is 0 Å². The van der Waals surface area contributed by atoms with E-state index in [1.807, 2.05) is 0 Å². The summed E-state index contributed by atoms with van der Waals surface area (Å²) in [6.45, 7) is 6.96. The molecule has 0 saturated carbocycles. The van der Waals surface area contributed by atoms with E-state index < -0.39 is 0 Å². The number of unbranched alkanes of at least 4 members (excludes halogenated alkanes) is 9. The standard InChI is InChI=1S/C18H40N2O/c1-3-4-5-6-7-8-9-10-11-12-17-21-18-16-20(2)15-13-14-19/h3-19H2,1-2H3. The molecule has 21 heavy (non-hydrogen) atoms. The second kappa shape index (κ2) is 17.9. The van der Waals surface area contributed by atoms with Crippen LogP contribution >= 0.6 is 0 Å². The second-order valence-corrected chi connectivity index (χ2v) is 6.24. The van der Waals surface area contributed by atoms with Gasteiger partial charge in [-0.15, -0.1) is 0 Å². The van der Waals surface area contributed by atoms with Gasteiger partial charge in [-0.25, -0.2) is 0 Å². The van der Waals surface area contributed by atoms with Crippen molar-refractivity contribution >= 4 is 0 Å². The molecule has 2 N–H and O–H groups in total. The Labute approximate surface area is 133 Å². The lowest BCUT2D eigenvalue weighted by Gasteiger charge is -2.15. The lowest BCUT2D eigenvalue weighted by Crippen LogP contribution is -2.25. The van der Waals surface area contributed by atoms with Crippen molar-refractivity contribution in [3.8, 4) is 0 Å². The van der Waals surface area contributed by atoms with Gasteiger partial charge in [0, 0.05) is 13.2 Å². The minimum Gasteiger partial charge on any atom is -0.380 e. The van der Waals surface area contributed by atoms with Crippen molar-refractivity contribution < 1.29 is 4.74 Å². The van der Waals surface area contributed by atoms with Crippen LogP contribution in [0.3, 0.4) is 0 Å². The largest absolute Gasteiger partial charge is 0.380 e. The van der Waals surface area contributed by atoms with E-state index in [-0.39, 0.29) is 0 Å². The van der Waals surface area contributed by atoms with Gasteiger partial charge >= 0.3 is 0 Å². The van der Waals surface area contributed by atoms with E-state index in [1.54, 1.807) is 0 Å². The first-order valence-electron chi connectivity index (χ1n) is 9.27. The van der Waals surface area contributed by atoms with Gasteiger partial charge in [-0.05, 0) is 33.0 Å². The topological polar surface area (TPSA) is 38.5 Å². The van der Waals surface area contributed by atoms with Gasteiger partial charge in [0.1, 0.15) is 0 Å². The molecular weight excluding hydrogens is 260 g/mol. The molecule has 0 aliphatic heterocycles. The van der Waals surface area contributed by atoms with E-state index in [1.165, 1.54) is 64.2 Å². The van der Waals surface area contributed by atoms with Crippen LogP contribution in [-0.4, -0.2) is 44.8 Å². The molecule has 0 atom stereocenters. The van der Waals surface area contributed by atoms with Crippen molar-refractivity contribution in [2.24, 2.45) is 5.73 Å². The Morgan fingerprint density at radius 3 is 1.86 bits per heavy atom. The molecule has 3 heteroatoms. The Morgan fingerprint density at radius 1 is 0.714 bits per heavy atom. The molecule has 0 spiro atoms. The fourth-order valence-corrected chi connectivity index (χ4v) is 2.49. The van der Waals surface area contributed by atoms with Crippen LogP contribution in [0.5, 0.6) is 0 Å². The minimum absolute atomic E-state index is 0.782. The molecule has 0 aliphatic carbocycles. The molecule has 128 valence electrons. The maximum atomic E-state index is 5.68. The van der Waals surface area contributed by atoms with Crippen molar-refractivity contribution in [2.75, 3.05) is 39.9 Å². The van der Waals surface area contributed by atoms with Crippen LogP contribution in [0.15, 0.2) is 0 Å². The first-order valence-corrected chi connectivity index (χ1v) is 9.27. The highest BCUT2D eigenvalue weighted by Gasteiger charge is 1.97. The van der Waals surface area contributed by atoms with Crippen molar-refractivity contribution in [1.29, 1.82) is 0 Å². The molecule has 0 aromatic heterocycles. The molecule has 0 unspecified atom stereocenters. The van der Waals surface area contributed by atoms with Crippen molar-refractivity contribution in [3.05, 3.63) is 0 Å². The summed E-state index contributed by atoms with van der Waals surface area (Å²) >= 11 is 0. The average Bonchev–Trinajstić information content (AvgIpc) is 2.49. The van der Waals surface area contributed by atoms with Crippen LogP contribution in [0.1, 0.15) is 77.6 Å². The third kappa shape index (κ3) is 17.8. The predicted octanol–water partition coefficient (Wildman–Crippen LogP) is 4.20. The summed E-state index contributed by atoms with van der Waals surface area (Å²) in [7, 11) is 2.14. The number of ether oxygens (including phenoxy) is 1. The van der Waals surface area contributed by atoms with E-state index in [0.717, 1.165) is 39.3 Å². The SMILES string of the molecule is CCCCCCCCCCCCOCCN(C)CCCN. The zero-order valence-corrected chi connectivity index (χ0v) is 14.7. The van der Waals surface area contributed by atoms with E-state index in [0.29, 0.717) is 0 Å². The molecule has 0 amide bonds. The molecule has 0 saturated heterocycles. The molecule has 0 aromatic carbocycles. The van der Waals surface area contributed by atoms with Gasteiger partial charge in [-0.1, -0.05) is 64.7 Å². The van der Waals surface area contributed by atoms with Gasteiger partial charge in [0.25, 0.3) is 0 Å².